The second-order valence-electron chi connectivity index (χ2n) is 3.41. The highest BCUT2D eigenvalue weighted by Crippen LogP contribution is 2.19. The maximum Gasteiger partial charge on any atom is 0.303 e. The minimum absolute atomic E-state index is 0.0412. The molecule has 0 bridgehead atoms. The Bertz CT molecular complexity index is 416. The van der Waals surface area contributed by atoms with Crippen LogP contribution >= 0.6 is 27.5 Å². The van der Waals surface area contributed by atoms with E-state index in [0.717, 1.165) is 4.47 Å². The molecule has 1 aromatic rings. The average Bonchev–Trinajstić information content (AvgIpc) is 2.22. The Kier molecular flexibility index (Phi) is 5.44. The molecule has 1 rings (SSSR count). The Morgan fingerprint density at radius 1 is 1.35 bits per heavy atom. The van der Waals surface area contributed by atoms with Crippen molar-refractivity contribution in [2.24, 2.45) is 0 Å². The minimum Gasteiger partial charge on any atom is -0.481 e. The lowest BCUT2D eigenvalue weighted by atomic mass is 10.2. The lowest BCUT2D eigenvalue weighted by molar-refractivity contribution is -0.137. The zero-order chi connectivity index (χ0) is 12.8. The lowest BCUT2D eigenvalue weighted by Gasteiger charge is -2.05. The van der Waals surface area contributed by atoms with Gasteiger partial charge in [0.05, 0.1) is 0 Å². The number of halogens is 2. The number of rotatable bonds is 5. The molecule has 0 aliphatic carbocycles. The predicted octanol–water partition coefficient (Wildman–Crippen LogP) is 2.70. The SMILES string of the molecule is O=C(O)CCCNC(=O)c1cc(Cl)cc(Br)c1. The summed E-state index contributed by atoms with van der Waals surface area (Å²) in [4.78, 5) is 21.9. The third kappa shape index (κ3) is 5.19. The van der Waals surface area contributed by atoms with Gasteiger partial charge < -0.3 is 10.4 Å². The molecule has 92 valence electrons. The van der Waals surface area contributed by atoms with Crippen LogP contribution in [0.5, 0.6) is 0 Å². The van der Waals surface area contributed by atoms with Crippen LogP contribution < -0.4 is 5.32 Å². The quantitative estimate of drug-likeness (QED) is 0.820. The fraction of sp³-hybridized carbons (Fsp3) is 0.273. The van der Waals surface area contributed by atoms with E-state index in [1.807, 2.05) is 0 Å². The largest absolute Gasteiger partial charge is 0.481 e. The van der Waals surface area contributed by atoms with E-state index in [4.69, 9.17) is 16.7 Å². The second-order valence-corrected chi connectivity index (χ2v) is 4.76. The molecule has 0 unspecified atom stereocenters. The number of hydrogen-bond acceptors (Lipinski definition) is 2. The second kappa shape index (κ2) is 6.61. The van der Waals surface area contributed by atoms with Gasteiger partial charge >= 0.3 is 5.97 Å². The normalized spacial score (nSPS) is 10.0. The van der Waals surface area contributed by atoms with Crippen LogP contribution in [0.15, 0.2) is 22.7 Å². The molecule has 0 aliphatic rings. The number of carboxylic acid groups (broad SMARTS) is 1. The Morgan fingerprint density at radius 3 is 2.65 bits per heavy atom. The predicted molar refractivity (Wildman–Crippen MR) is 68.4 cm³/mol. The Balaban J connectivity index is 2.49. The molecule has 0 saturated carbocycles. The van der Waals surface area contributed by atoms with Crippen LogP contribution in [0.2, 0.25) is 5.02 Å². The molecule has 2 N–H and O–H groups in total. The van der Waals surface area contributed by atoms with Crippen molar-refractivity contribution in [1.29, 1.82) is 0 Å². The molecule has 4 nitrogen and oxygen atoms in total. The van der Waals surface area contributed by atoms with Crippen molar-refractivity contribution in [3.63, 3.8) is 0 Å². The Labute approximate surface area is 112 Å². The van der Waals surface area contributed by atoms with Gasteiger partial charge in [0.15, 0.2) is 0 Å². The first kappa shape index (κ1) is 14.0. The van der Waals surface area contributed by atoms with Crippen molar-refractivity contribution >= 4 is 39.4 Å². The first-order valence-corrected chi connectivity index (χ1v) is 6.12. The summed E-state index contributed by atoms with van der Waals surface area (Å²) in [5.74, 6) is -1.14. The van der Waals surface area contributed by atoms with Crippen molar-refractivity contribution in [1.82, 2.24) is 5.32 Å². The number of carboxylic acids is 1. The summed E-state index contributed by atoms with van der Waals surface area (Å²) >= 11 is 9.05. The van der Waals surface area contributed by atoms with Gasteiger partial charge in [-0.25, -0.2) is 0 Å². The van der Waals surface area contributed by atoms with E-state index in [0.29, 0.717) is 23.6 Å². The van der Waals surface area contributed by atoms with Gasteiger partial charge in [0.1, 0.15) is 0 Å². The lowest BCUT2D eigenvalue weighted by Crippen LogP contribution is -2.24. The zero-order valence-electron chi connectivity index (χ0n) is 8.87. The fourth-order valence-corrected chi connectivity index (χ4v) is 2.09. The first-order valence-electron chi connectivity index (χ1n) is 4.95. The highest BCUT2D eigenvalue weighted by molar-refractivity contribution is 9.10. The number of carbonyl (C=O) groups excluding carboxylic acids is 1. The number of amides is 1. The van der Waals surface area contributed by atoms with Gasteiger partial charge in [-0.1, -0.05) is 27.5 Å². The van der Waals surface area contributed by atoms with Gasteiger partial charge in [0.25, 0.3) is 5.91 Å². The van der Waals surface area contributed by atoms with Gasteiger partial charge in [0, 0.05) is 28.0 Å². The van der Waals surface area contributed by atoms with Gasteiger partial charge in [-0.3, -0.25) is 9.59 Å². The highest BCUT2D eigenvalue weighted by atomic mass is 79.9. The Morgan fingerprint density at radius 2 is 2.06 bits per heavy atom. The summed E-state index contributed by atoms with van der Waals surface area (Å²) in [6, 6.07) is 4.89. The van der Waals surface area contributed by atoms with Gasteiger partial charge in [0.2, 0.25) is 0 Å². The third-order valence-corrected chi connectivity index (χ3v) is 2.65. The molecule has 0 saturated heterocycles. The maximum absolute atomic E-state index is 11.7. The maximum atomic E-state index is 11.7. The summed E-state index contributed by atoms with van der Waals surface area (Å²) in [6.45, 7) is 0.329. The number of aliphatic carboxylic acids is 1. The summed E-state index contributed by atoms with van der Waals surface area (Å²) in [7, 11) is 0. The molecule has 17 heavy (non-hydrogen) atoms. The van der Waals surface area contributed by atoms with Crippen LogP contribution in [0.3, 0.4) is 0 Å². The number of carbonyl (C=O) groups is 2. The number of nitrogens with one attached hydrogen (secondary N) is 1. The van der Waals surface area contributed by atoms with Crippen LogP contribution in [0.1, 0.15) is 23.2 Å². The van der Waals surface area contributed by atoms with Crippen molar-refractivity contribution in [3.8, 4) is 0 Å². The highest BCUT2D eigenvalue weighted by Gasteiger charge is 2.07. The molecule has 0 aliphatic heterocycles. The van der Waals surface area contributed by atoms with Crippen LogP contribution in [-0.4, -0.2) is 23.5 Å². The minimum atomic E-state index is -0.871. The van der Waals surface area contributed by atoms with E-state index in [9.17, 15) is 9.59 Å². The monoisotopic (exact) mass is 319 g/mol. The van der Waals surface area contributed by atoms with Gasteiger partial charge in [-0.15, -0.1) is 0 Å². The van der Waals surface area contributed by atoms with Crippen molar-refractivity contribution in [2.45, 2.75) is 12.8 Å². The van der Waals surface area contributed by atoms with E-state index in [-0.39, 0.29) is 12.3 Å². The summed E-state index contributed by atoms with van der Waals surface area (Å²) in [5.41, 5.74) is 0.444. The van der Waals surface area contributed by atoms with E-state index >= 15 is 0 Å². The number of benzene rings is 1. The summed E-state index contributed by atoms with van der Waals surface area (Å²) < 4.78 is 0.723. The van der Waals surface area contributed by atoms with E-state index in [1.54, 1.807) is 18.2 Å². The molecule has 0 radical (unpaired) electrons. The van der Waals surface area contributed by atoms with E-state index in [1.165, 1.54) is 0 Å². The first-order chi connectivity index (χ1) is 7.99. The molecule has 1 aromatic carbocycles. The zero-order valence-corrected chi connectivity index (χ0v) is 11.2. The molecular weight excluding hydrogens is 309 g/mol. The van der Waals surface area contributed by atoms with Crippen molar-refractivity contribution in [3.05, 3.63) is 33.3 Å². The third-order valence-electron chi connectivity index (χ3n) is 1.98. The Hall–Kier alpha value is -1.07. The van der Waals surface area contributed by atoms with Crippen LogP contribution in [0.25, 0.3) is 0 Å². The van der Waals surface area contributed by atoms with Crippen molar-refractivity contribution < 1.29 is 14.7 Å². The summed E-state index contributed by atoms with van der Waals surface area (Å²) in [6.07, 6.45) is 0.447. The van der Waals surface area contributed by atoms with E-state index < -0.39 is 5.97 Å². The molecule has 1 amide bonds. The topological polar surface area (TPSA) is 66.4 Å². The molecular formula is C11H11BrClNO3. The van der Waals surface area contributed by atoms with Crippen molar-refractivity contribution in [2.75, 3.05) is 6.54 Å². The molecule has 0 spiro atoms. The molecule has 0 atom stereocenters. The molecule has 6 heteroatoms. The average molecular weight is 321 g/mol. The standard InChI is InChI=1S/C11H11BrClNO3/c12-8-4-7(5-9(13)6-8)11(17)14-3-1-2-10(15)16/h4-6H,1-3H2,(H,14,17)(H,15,16). The number of hydrogen-bond donors (Lipinski definition) is 2. The fourth-order valence-electron chi connectivity index (χ4n) is 1.23. The van der Waals surface area contributed by atoms with E-state index in [2.05, 4.69) is 21.2 Å². The smallest absolute Gasteiger partial charge is 0.303 e. The van der Waals surface area contributed by atoms with Crippen LogP contribution in [-0.2, 0) is 4.79 Å². The summed E-state index contributed by atoms with van der Waals surface area (Å²) in [5, 5.41) is 11.5. The van der Waals surface area contributed by atoms with Crippen LogP contribution in [0, 0.1) is 0 Å². The van der Waals surface area contributed by atoms with Crippen LogP contribution in [0.4, 0.5) is 0 Å². The van der Waals surface area contributed by atoms with Gasteiger partial charge in [-0.05, 0) is 24.6 Å². The molecule has 0 aromatic heterocycles. The molecule has 0 fully saturated rings. The van der Waals surface area contributed by atoms with Gasteiger partial charge in [-0.2, -0.15) is 0 Å². The molecule has 0 heterocycles.